The summed E-state index contributed by atoms with van der Waals surface area (Å²) in [6.45, 7) is 3.57. The highest BCUT2D eigenvalue weighted by molar-refractivity contribution is 6.31. The highest BCUT2D eigenvalue weighted by Crippen LogP contribution is 2.33. The molecule has 3 aromatic rings. The first-order valence-electron chi connectivity index (χ1n) is 9.18. The Balaban J connectivity index is 1.30. The van der Waals surface area contributed by atoms with Crippen LogP contribution in [0.1, 0.15) is 24.5 Å². The summed E-state index contributed by atoms with van der Waals surface area (Å²) in [4.78, 5) is 2.43. The number of aromatic nitrogens is 1. The largest absolute Gasteiger partial charge is 0.493 e. The zero-order valence-corrected chi connectivity index (χ0v) is 16.0. The highest BCUT2D eigenvalue weighted by Gasteiger charge is 2.25. The lowest BCUT2D eigenvalue weighted by Gasteiger charge is -2.31. The summed E-state index contributed by atoms with van der Waals surface area (Å²) >= 11 is 6.03. The zero-order chi connectivity index (χ0) is 18.6. The van der Waals surface area contributed by atoms with E-state index >= 15 is 0 Å². The van der Waals surface area contributed by atoms with E-state index in [0.29, 0.717) is 23.3 Å². The fourth-order valence-corrected chi connectivity index (χ4v) is 3.78. The maximum absolute atomic E-state index is 6.03. The molecule has 141 valence electrons. The topological polar surface area (TPSA) is 47.7 Å². The number of rotatable bonds is 6. The average molecular weight is 386 g/mol. The summed E-state index contributed by atoms with van der Waals surface area (Å²) < 4.78 is 16.6. The molecule has 1 saturated heterocycles. The summed E-state index contributed by atoms with van der Waals surface area (Å²) in [5, 5.41) is 6.06. The van der Waals surface area contributed by atoms with Gasteiger partial charge in [0, 0.05) is 28.9 Å². The fourth-order valence-electron chi connectivity index (χ4n) is 3.62. The predicted molar refractivity (Wildman–Crippen MR) is 105 cm³/mol. The van der Waals surface area contributed by atoms with Crippen molar-refractivity contribution in [3.05, 3.63) is 53.2 Å². The van der Waals surface area contributed by atoms with Crippen molar-refractivity contribution in [1.29, 1.82) is 0 Å². The summed E-state index contributed by atoms with van der Waals surface area (Å²) in [7, 11) is 1.64. The summed E-state index contributed by atoms with van der Waals surface area (Å²) in [6.07, 6.45) is 2.13. The molecule has 5 nitrogen and oxygen atoms in total. The van der Waals surface area contributed by atoms with Crippen LogP contribution in [0.2, 0.25) is 5.02 Å². The van der Waals surface area contributed by atoms with Gasteiger partial charge in [-0.25, -0.2) is 0 Å². The molecular weight excluding hydrogens is 364 g/mol. The zero-order valence-electron chi connectivity index (χ0n) is 15.3. The minimum Gasteiger partial charge on any atom is -0.493 e. The van der Waals surface area contributed by atoms with Crippen LogP contribution in [-0.2, 0) is 0 Å². The van der Waals surface area contributed by atoms with Crippen LogP contribution in [0.5, 0.6) is 11.5 Å². The second kappa shape index (κ2) is 8.19. The Morgan fingerprint density at radius 1 is 1.26 bits per heavy atom. The minimum absolute atomic E-state index is 0.425. The molecule has 1 aromatic heterocycles. The van der Waals surface area contributed by atoms with Gasteiger partial charge < -0.3 is 14.0 Å². The van der Waals surface area contributed by atoms with E-state index in [0.717, 1.165) is 54.9 Å². The lowest BCUT2D eigenvalue weighted by molar-refractivity contribution is 0.169. The number of hydrogen-bond donors (Lipinski definition) is 0. The van der Waals surface area contributed by atoms with Crippen molar-refractivity contribution >= 4 is 22.6 Å². The van der Waals surface area contributed by atoms with Crippen LogP contribution in [0.4, 0.5) is 0 Å². The number of piperidine rings is 1. The van der Waals surface area contributed by atoms with Crippen LogP contribution in [-0.4, -0.2) is 43.4 Å². The van der Waals surface area contributed by atoms with Gasteiger partial charge in [-0.15, -0.1) is 0 Å². The van der Waals surface area contributed by atoms with Gasteiger partial charge in [0.1, 0.15) is 6.61 Å². The van der Waals surface area contributed by atoms with Crippen molar-refractivity contribution < 1.29 is 14.0 Å². The van der Waals surface area contributed by atoms with Crippen molar-refractivity contribution in [3.8, 4) is 11.5 Å². The number of benzene rings is 2. The smallest absolute Gasteiger partial charge is 0.168 e. The molecule has 0 unspecified atom stereocenters. The molecule has 0 aliphatic carbocycles. The van der Waals surface area contributed by atoms with E-state index in [1.54, 1.807) is 13.2 Å². The van der Waals surface area contributed by atoms with Crippen molar-refractivity contribution in [2.75, 3.05) is 33.4 Å². The van der Waals surface area contributed by atoms with Crippen LogP contribution in [0, 0.1) is 6.07 Å². The molecule has 0 amide bonds. The van der Waals surface area contributed by atoms with Crippen LogP contribution in [0.25, 0.3) is 11.0 Å². The maximum Gasteiger partial charge on any atom is 0.168 e. The van der Waals surface area contributed by atoms with Crippen molar-refractivity contribution in [2.24, 2.45) is 0 Å². The molecule has 2 heterocycles. The molecular formula is C21H22ClN2O3. The first-order valence-corrected chi connectivity index (χ1v) is 9.56. The van der Waals surface area contributed by atoms with Gasteiger partial charge >= 0.3 is 0 Å². The Kier molecular flexibility index (Phi) is 5.50. The van der Waals surface area contributed by atoms with Gasteiger partial charge in [-0.1, -0.05) is 22.8 Å². The Bertz CT molecular complexity index is 903. The van der Waals surface area contributed by atoms with Gasteiger partial charge in [0.15, 0.2) is 17.1 Å². The van der Waals surface area contributed by atoms with E-state index in [1.807, 2.05) is 30.3 Å². The molecule has 1 aliphatic heterocycles. The fraction of sp³-hybridized carbons (Fsp3) is 0.381. The molecule has 4 rings (SSSR count). The van der Waals surface area contributed by atoms with Gasteiger partial charge in [-0.2, -0.15) is 0 Å². The Morgan fingerprint density at radius 3 is 2.93 bits per heavy atom. The lowest BCUT2D eigenvalue weighted by atomic mass is 9.91. The van der Waals surface area contributed by atoms with Crippen LogP contribution in [0.3, 0.4) is 0 Å². The highest BCUT2D eigenvalue weighted by atomic mass is 35.5. The second-order valence-electron chi connectivity index (χ2n) is 6.75. The molecule has 27 heavy (non-hydrogen) atoms. The third-order valence-corrected chi connectivity index (χ3v) is 5.34. The van der Waals surface area contributed by atoms with E-state index < -0.39 is 0 Å². The van der Waals surface area contributed by atoms with Crippen LogP contribution in [0.15, 0.2) is 40.9 Å². The Hall–Kier alpha value is -2.24. The molecule has 2 aromatic carbocycles. The van der Waals surface area contributed by atoms with Gasteiger partial charge in [-0.05, 0) is 56.3 Å². The third-order valence-electron chi connectivity index (χ3n) is 5.11. The van der Waals surface area contributed by atoms with Crippen molar-refractivity contribution in [1.82, 2.24) is 10.1 Å². The molecule has 6 heteroatoms. The van der Waals surface area contributed by atoms with Crippen LogP contribution >= 0.6 is 11.6 Å². The summed E-state index contributed by atoms with van der Waals surface area (Å²) in [5.41, 5.74) is 1.82. The Morgan fingerprint density at radius 2 is 2.11 bits per heavy atom. The van der Waals surface area contributed by atoms with Gasteiger partial charge in [0.25, 0.3) is 0 Å². The van der Waals surface area contributed by atoms with E-state index in [2.05, 4.69) is 16.1 Å². The van der Waals surface area contributed by atoms with Gasteiger partial charge in [-0.3, -0.25) is 4.90 Å². The number of likely N-dealkylation sites (tertiary alicyclic amines) is 1. The third kappa shape index (κ3) is 4.04. The number of ether oxygens (including phenoxy) is 2. The average Bonchev–Trinajstić information content (AvgIpc) is 3.12. The SMILES string of the molecule is COc1c[c]ccc1OCCN1CCC(c2noc3cc(Cl)ccc23)CC1. The van der Waals surface area contributed by atoms with E-state index in [-0.39, 0.29) is 0 Å². The van der Waals surface area contributed by atoms with E-state index in [4.69, 9.17) is 25.6 Å². The molecule has 0 spiro atoms. The number of methoxy groups -OCH3 is 1. The molecule has 0 saturated carbocycles. The normalized spacial score (nSPS) is 15.9. The molecule has 1 aliphatic rings. The standard InChI is InChI=1S/C21H22ClN2O3/c1-25-18-4-2-3-5-19(18)26-13-12-24-10-8-15(9-11-24)21-17-7-6-16(22)14-20(17)27-23-21/h3-7,14-15H,8-13H2,1H3. The van der Waals surface area contributed by atoms with Crippen LogP contribution < -0.4 is 9.47 Å². The second-order valence-corrected chi connectivity index (χ2v) is 7.19. The first kappa shape index (κ1) is 18.1. The first-order chi connectivity index (χ1) is 13.2. The summed E-state index contributed by atoms with van der Waals surface area (Å²) in [5.74, 6) is 1.91. The molecule has 0 N–H and O–H groups in total. The number of nitrogens with zero attached hydrogens (tertiary/aromatic N) is 2. The van der Waals surface area contributed by atoms with E-state index in [1.165, 1.54) is 0 Å². The molecule has 1 fully saturated rings. The monoisotopic (exact) mass is 385 g/mol. The number of fused-ring (bicyclic) bond motifs is 1. The molecule has 0 atom stereocenters. The van der Waals surface area contributed by atoms with Gasteiger partial charge in [0.05, 0.1) is 12.8 Å². The minimum atomic E-state index is 0.425. The number of hydrogen-bond acceptors (Lipinski definition) is 5. The van der Waals surface area contributed by atoms with E-state index in [9.17, 15) is 0 Å². The van der Waals surface area contributed by atoms with Crippen molar-refractivity contribution in [3.63, 3.8) is 0 Å². The van der Waals surface area contributed by atoms with Crippen molar-refractivity contribution in [2.45, 2.75) is 18.8 Å². The quantitative estimate of drug-likeness (QED) is 0.623. The molecule has 1 radical (unpaired) electrons. The lowest BCUT2D eigenvalue weighted by Crippen LogP contribution is -2.36. The Labute approximate surface area is 163 Å². The van der Waals surface area contributed by atoms with Gasteiger partial charge in [0.2, 0.25) is 0 Å². The molecule has 0 bridgehead atoms. The summed E-state index contributed by atoms with van der Waals surface area (Å²) in [6, 6.07) is 14.2. The number of halogens is 1. The maximum atomic E-state index is 6.03. The predicted octanol–water partition coefficient (Wildman–Crippen LogP) is 4.55.